The Bertz CT molecular complexity index is 494. The van der Waals surface area contributed by atoms with Gasteiger partial charge in [0.05, 0.1) is 7.11 Å². The van der Waals surface area contributed by atoms with E-state index in [1.807, 2.05) is 0 Å². The summed E-state index contributed by atoms with van der Waals surface area (Å²) in [6.07, 6.45) is 8.28. The predicted molar refractivity (Wildman–Crippen MR) is 85.8 cm³/mol. The van der Waals surface area contributed by atoms with Crippen LogP contribution in [0.1, 0.15) is 26.2 Å². The molecule has 1 aliphatic carbocycles. The van der Waals surface area contributed by atoms with E-state index in [9.17, 15) is 0 Å². The summed E-state index contributed by atoms with van der Waals surface area (Å²) in [6, 6.07) is 8.68. The highest BCUT2D eigenvalue weighted by Gasteiger charge is 2.30. The van der Waals surface area contributed by atoms with Crippen LogP contribution in [0.15, 0.2) is 47.2 Å². The summed E-state index contributed by atoms with van der Waals surface area (Å²) in [5, 5.41) is 3.21. The second-order valence-electron chi connectivity index (χ2n) is 5.71. The Morgan fingerprint density at radius 3 is 2.42 bits per heavy atom. The Hall–Kier alpha value is -1.28. The van der Waals surface area contributed by atoms with Gasteiger partial charge < -0.3 is 4.74 Å². The van der Waals surface area contributed by atoms with Crippen LogP contribution in [0.2, 0.25) is 13.1 Å². The maximum absolute atomic E-state index is 5.26. The first-order valence-electron chi connectivity index (χ1n) is 7.13. The molecule has 0 bridgehead atoms. The molecular weight excluding hydrogens is 248 g/mol. The molecule has 102 valence electrons. The number of hydrogen-bond donors (Lipinski definition) is 0. The zero-order chi connectivity index (χ0) is 13.9. The van der Waals surface area contributed by atoms with Crippen LogP contribution in [0.25, 0.3) is 0 Å². The molecule has 0 fully saturated rings. The molecular formula is C17H24OSi. The third-order valence-electron chi connectivity index (χ3n) is 4.11. The maximum atomic E-state index is 5.26. The zero-order valence-electron chi connectivity index (χ0n) is 12.5. The van der Waals surface area contributed by atoms with Crippen LogP contribution in [0.5, 0.6) is 5.75 Å². The van der Waals surface area contributed by atoms with Gasteiger partial charge in [0.25, 0.3) is 0 Å². The minimum Gasteiger partial charge on any atom is -0.497 e. The molecule has 0 spiro atoms. The SMILES string of the molecule is CCCC1=C([Si](C)(C)c2ccc(OC)cc2)CC=C1. The third-order valence-corrected chi connectivity index (χ3v) is 7.92. The Labute approximate surface area is 118 Å². The summed E-state index contributed by atoms with van der Waals surface area (Å²) >= 11 is 0. The Morgan fingerprint density at radius 2 is 1.84 bits per heavy atom. The minimum absolute atomic E-state index is 0.945. The van der Waals surface area contributed by atoms with Crippen molar-refractivity contribution in [2.45, 2.75) is 39.3 Å². The van der Waals surface area contributed by atoms with E-state index in [1.165, 1.54) is 18.0 Å². The van der Waals surface area contributed by atoms with Gasteiger partial charge in [-0.3, -0.25) is 0 Å². The van der Waals surface area contributed by atoms with Crippen LogP contribution in [0.3, 0.4) is 0 Å². The second kappa shape index (κ2) is 5.79. The summed E-state index contributed by atoms with van der Waals surface area (Å²) < 4.78 is 5.26. The van der Waals surface area contributed by atoms with Crippen molar-refractivity contribution >= 4 is 13.3 Å². The first kappa shape index (κ1) is 14.1. The average molecular weight is 272 g/mol. The van der Waals surface area contributed by atoms with Gasteiger partial charge in [0, 0.05) is 0 Å². The molecule has 1 aliphatic rings. The van der Waals surface area contributed by atoms with Crippen molar-refractivity contribution in [1.82, 2.24) is 0 Å². The van der Waals surface area contributed by atoms with E-state index >= 15 is 0 Å². The van der Waals surface area contributed by atoms with E-state index in [2.05, 4.69) is 56.4 Å². The fraction of sp³-hybridized carbons (Fsp3) is 0.412. The summed E-state index contributed by atoms with van der Waals surface area (Å²) in [5.74, 6) is 0.945. The Balaban J connectivity index is 2.33. The molecule has 0 unspecified atom stereocenters. The van der Waals surface area contributed by atoms with Crippen molar-refractivity contribution < 1.29 is 4.74 Å². The summed E-state index contributed by atoms with van der Waals surface area (Å²) in [5.41, 5.74) is 1.59. The number of benzene rings is 1. The van der Waals surface area contributed by atoms with E-state index < -0.39 is 8.07 Å². The topological polar surface area (TPSA) is 9.23 Å². The lowest BCUT2D eigenvalue weighted by Crippen LogP contribution is -2.43. The van der Waals surface area contributed by atoms with Crippen molar-refractivity contribution in [3.8, 4) is 5.75 Å². The highest BCUT2D eigenvalue weighted by Crippen LogP contribution is 2.30. The van der Waals surface area contributed by atoms with Crippen molar-refractivity contribution in [2.24, 2.45) is 0 Å². The average Bonchev–Trinajstić information content (AvgIpc) is 2.88. The Morgan fingerprint density at radius 1 is 1.16 bits per heavy atom. The van der Waals surface area contributed by atoms with E-state index in [0.29, 0.717) is 0 Å². The van der Waals surface area contributed by atoms with Gasteiger partial charge in [-0.15, -0.1) is 0 Å². The smallest absolute Gasteiger partial charge is 0.118 e. The van der Waals surface area contributed by atoms with Gasteiger partial charge in [-0.05, 0) is 25.0 Å². The van der Waals surface area contributed by atoms with Gasteiger partial charge in [-0.25, -0.2) is 0 Å². The molecule has 0 N–H and O–H groups in total. The third kappa shape index (κ3) is 2.84. The van der Waals surface area contributed by atoms with E-state index in [1.54, 1.807) is 17.9 Å². The van der Waals surface area contributed by atoms with Crippen LogP contribution < -0.4 is 9.92 Å². The van der Waals surface area contributed by atoms with Crippen LogP contribution in [-0.2, 0) is 0 Å². The van der Waals surface area contributed by atoms with Gasteiger partial charge in [0.2, 0.25) is 0 Å². The molecule has 19 heavy (non-hydrogen) atoms. The van der Waals surface area contributed by atoms with Gasteiger partial charge in [0.15, 0.2) is 0 Å². The van der Waals surface area contributed by atoms with Crippen LogP contribution in [0.4, 0.5) is 0 Å². The number of rotatable bonds is 5. The van der Waals surface area contributed by atoms with E-state index in [4.69, 9.17) is 4.74 Å². The molecule has 1 nitrogen and oxygen atoms in total. The molecule has 1 aromatic rings. The highest BCUT2D eigenvalue weighted by atomic mass is 28.3. The number of ether oxygens (including phenoxy) is 1. The summed E-state index contributed by atoms with van der Waals surface area (Å²) in [4.78, 5) is 0. The second-order valence-corrected chi connectivity index (χ2v) is 10.1. The Kier molecular flexibility index (Phi) is 4.30. The first-order chi connectivity index (χ1) is 9.09. The van der Waals surface area contributed by atoms with E-state index in [0.717, 1.165) is 12.2 Å². The molecule has 2 rings (SSSR count). The minimum atomic E-state index is -1.52. The lowest BCUT2D eigenvalue weighted by molar-refractivity contribution is 0.415. The quantitative estimate of drug-likeness (QED) is 0.730. The van der Waals surface area contributed by atoms with Gasteiger partial charge >= 0.3 is 0 Å². The summed E-state index contributed by atoms with van der Waals surface area (Å²) in [7, 11) is 0.202. The molecule has 0 heterocycles. The first-order valence-corrected chi connectivity index (χ1v) is 10.1. The molecule has 0 atom stereocenters. The van der Waals surface area contributed by atoms with Gasteiger partial charge in [-0.2, -0.15) is 0 Å². The van der Waals surface area contributed by atoms with Gasteiger partial charge in [0.1, 0.15) is 13.8 Å². The van der Waals surface area contributed by atoms with Crippen LogP contribution in [0, 0.1) is 0 Å². The molecule has 0 amide bonds. The van der Waals surface area contributed by atoms with Crippen LogP contribution >= 0.6 is 0 Å². The normalized spacial score (nSPS) is 15.2. The van der Waals surface area contributed by atoms with Crippen molar-refractivity contribution in [3.05, 3.63) is 47.2 Å². The largest absolute Gasteiger partial charge is 0.497 e. The molecule has 2 heteroatoms. The van der Waals surface area contributed by atoms with E-state index in [-0.39, 0.29) is 0 Å². The fourth-order valence-electron chi connectivity index (χ4n) is 2.89. The molecule has 0 saturated heterocycles. The number of allylic oxidation sites excluding steroid dienone is 4. The van der Waals surface area contributed by atoms with Crippen molar-refractivity contribution in [3.63, 3.8) is 0 Å². The van der Waals surface area contributed by atoms with Crippen molar-refractivity contribution in [1.29, 1.82) is 0 Å². The highest BCUT2D eigenvalue weighted by molar-refractivity contribution is 6.95. The standard InChI is InChI=1S/C17H24OSi/c1-5-7-14-8-6-9-17(14)19(3,4)16-12-10-15(18-2)11-13-16/h6,8,10-13H,5,7,9H2,1-4H3. The lowest BCUT2D eigenvalue weighted by Gasteiger charge is -2.27. The number of hydrogen-bond acceptors (Lipinski definition) is 1. The maximum Gasteiger partial charge on any atom is 0.118 e. The van der Waals surface area contributed by atoms with Crippen molar-refractivity contribution in [2.75, 3.05) is 7.11 Å². The lowest BCUT2D eigenvalue weighted by atomic mass is 10.2. The van der Waals surface area contributed by atoms with Gasteiger partial charge in [-0.1, -0.05) is 66.7 Å². The summed E-state index contributed by atoms with van der Waals surface area (Å²) in [6.45, 7) is 7.19. The predicted octanol–water partition coefficient (Wildman–Crippen LogP) is 4.21. The monoisotopic (exact) mass is 272 g/mol. The number of methoxy groups -OCH3 is 1. The molecule has 0 saturated carbocycles. The fourth-order valence-corrected chi connectivity index (χ4v) is 5.88. The zero-order valence-corrected chi connectivity index (χ0v) is 13.5. The molecule has 0 radical (unpaired) electrons. The molecule has 0 aromatic heterocycles. The van der Waals surface area contributed by atoms with Crippen LogP contribution in [-0.4, -0.2) is 15.2 Å². The molecule has 1 aromatic carbocycles. The molecule has 0 aliphatic heterocycles.